The minimum atomic E-state index is -0.815. The second kappa shape index (κ2) is 5.79. The molecular formula is C12H16ClN3O3. The number of halogens is 1. The number of phenolic OH excluding ortho intramolecular Hbond substituents is 1. The summed E-state index contributed by atoms with van der Waals surface area (Å²) in [6, 6.07) is 1.59. The standard InChI is InChI=1S/C12H16ClN3O3/c1-5(2)10(11(15)18)16-12(19)6-3-9(17)7(13)4-8(6)14/h3-5,10,17H,14H2,1-2H3,(H2,15,18)(H,16,19). The van der Waals surface area contributed by atoms with Gasteiger partial charge < -0.3 is 21.9 Å². The maximum atomic E-state index is 12.0. The molecule has 7 heteroatoms. The minimum absolute atomic E-state index is 0.0359. The fourth-order valence-electron chi connectivity index (χ4n) is 1.56. The number of carbonyl (C=O) groups excluding carboxylic acids is 2. The van der Waals surface area contributed by atoms with Crippen LogP contribution in [0.2, 0.25) is 5.02 Å². The van der Waals surface area contributed by atoms with Crippen LogP contribution in [-0.2, 0) is 4.79 Å². The number of hydrogen-bond donors (Lipinski definition) is 4. The van der Waals surface area contributed by atoms with Crippen LogP contribution >= 0.6 is 11.6 Å². The molecule has 1 unspecified atom stereocenters. The summed E-state index contributed by atoms with van der Waals surface area (Å²) >= 11 is 5.66. The molecule has 0 spiro atoms. The summed E-state index contributed by atoms with van der Waals surface area (Å²) in [6.07, 6.45) is 0. The molecule has 0 aliphatic heterocycles. The number of phenols is 1. The van der Waals surface area contributed by atoms with E-state index >= 15 is 0 Å². The average Bonchev–Trinajstić information content (AvgIpc) is 2.29. The number of nitrogen functional groups attached to an aromatic ring is 1. The smallest absolute Gasteiger partial charge is 0.254 e. The first-order chi connectivity index (χ1) is 8.73. The summed E-state index contributed by atoms with van der Waals surface area (Å²) in [7, 11) is 0. The maximum Gasteiger partial charge on any atom is 0.254 e. The molecule has 1 rings (SSSR count). The van der Waals surface area contributed by atoms with E-state index in [0.29, 0.717) is 0 Å². The number of hydrogen-bond acceptors (Lipinski definition) is 4. The molecule has 1 aromatic carbocycles. The minimum Gasteiger partial charge on any atom is -0.506 e. The van der Waals surface area contributed by atoms with E-state index in [1.165, 1.54) is 6.07 Å². The van der Waals surface area contributed by atoms with Gasteiger partial charge in [0.25, 0.3) is 5.91 Å². The molecule has 1 aromatic rings. The van der Waals surface area contributed by atoms with Gasteiger partial charge in [0.05, 0.1) is 10.6 Å². The summed E-state index contributed by atoms with van der Waals surface area (Å²) in [5, 5.41) is 12.0. The van der Waals surface area contributed by atoms with Gasteiger partial charge in [0.15, 0.2) is 0 Å². The number of amides is 2. The first-order valence-electron chi connectivity index (χ1n) is 5.62. The highest BCUT2D eigenvalue weighted by molar-refractivity contribution is 6.32. The fourth-order valence-corrected chi connectivity index (χ4v) is 1.73. The number of aromatic hydroxyl groups is 1. The van der Waals surface area contributed by atoms with E-state index in [2.05, 4.69) is 5.32 Å². The normalized spacial score (nSPS) is 12.2. The Morgan fingerprint density at radius 1 is 1.37 bits per heavy atom. The number of carbonyl (C=O) groups is 2. The van der Waals surface area contributed by atoms with E-state index in [9.17, 15) is 14.7 Å². The van der Waals surface area contributed by atoms with Crippen molar-refractivity contribution in [2.24, 2.45) is 11.7 Å². The first kappa shape index (κ1) is 15.1. The molecule has 0 saturated heterocycles. The summed E-state index contributed by atoms with van der Waals surface area (Å²) in [5.74, 6) is -1.66. The zero-order chi connectivity index (χ0) is 14.7. The van der Waals surface area contributed by atoms with Crippen LogP contribution in [0.15, 0.2) is 12.1 Å². The number of primary amides is 1. The van der Waals surface area contributed by atoms with E-state index in [1.807, 2.05) is 0 Å². The third-order valence-electron chi connectivity index (χ3n) is 2.62. The molecular weight excluding hydrogens is 270 g/mol. The predicted molar refractivity (Wildman–Crippen MR) is 72.8 cm³/mol. The van der Waals surface area contributed by atoms with E-state index < -0.39 is 17.9 Å². The molecule has 0 aromatic heterocycles. The molecule has 0 saturated carbocycles. The predicted octanol–water partition coefficient (Wildman–Crippen LogP) is 0.867. The van der Waals surface area contributed by atoms with Crippen molar-refractivity contribution in [3.05, 3.63) is 22.7 Å². The molecule has 19 heavy (non-hydrogen) atoms. The molecule has 0 fully saturated rings. The van der Waals surface area contributed by atoms with Gasteiger partial charge in [-0.15, -0.1) is 0 Å². The van der Waals surface area contributed by atoms with E-state index in [1.54, 1.807) is 13.8 Å². The molecule has 1 atom stereocenters. The fraction of sp³-hybridized carbons (Fsp3) is 0.333. The van der Waals surface area contributed by atoms with Crippen LogP contribution < -0.4 is 16.8 Å². The summed E-state index contributed by atoms with van der Waals surface area (Å²) in [6.45, 7) is 3.50. The highest BCUT2D eigenvalue weighted by Crippen LogP contribution is 2.28. The van der Waals surface area contributed by atoms with Crippen LogP contribution in [0.25, 0.3) is 0 Å². The second-order valence-corrected chi connectivity index (χ2v) is 4.90. The van der Waals surface area contributed by atoms with Gasteiger partial charge in [-0.3, -0.25) is 9.59 Å². The largest absolute Gasteiger partial charge is 0.506 e. The lowest BCUT2D eigenvalue weighted by Crippen LogP contribution is -2.47. The third kappa shape index (κ3) is 3.51. The van der Waals surface area contributed by atoms with Crippen LogP contribution in [0.4, 0.5) is 5.69 Å². The van der Waals surface area contributed by atoms with Crippen molar-refractivity contribution in [1.29, 1.82) is 0 Å². The lowest BCUT2D eigenvalue weighted by molar-refractivity contribution is -0.120. The number of rotatable bonds is 4. The summed E-state index contributed by atoms with van der Waals surface area (Å²) < 4.78 is 0. The molecule has 104 valence electrons. The molecule has 2 amide bonds. The highest BCUT2D eigenvalue weighted by Gasteiger charge is 2.23. The Morgan fingerprint density at radius 3 is 2.42 bits per heavy atom. The van der Waals surface area contributed by atoms with Gasteiger partial charge >= 0.3 is 0 Å². The monoisotopic (exact) mass is 285 g/mol. The van der Waals surface area contributed by atoms with Crippen LogP contribution in [0.1, 0.15) is 24.2 Å². The van der Waals surface area contributed by atoms with Crippen molar-refractivity contribution in [2.45, 2.75) is 19.9 Å². The molecule has 0 heterocycles. The molecule has 6 nitrogen and oxygen atoms in total. The Morgan fingerprint density at radius 2 is 1.95 bits per heavy atom. The Labute approximate surface area is 115 Å². The van der Waals surface area contributed by atoms with Gasteiger partial charge in [0.2, 0.25) is 5.91 Å². The van der Waals surface area contributed by atoms with Gasteiger partial charge in [0.1, 0.15) is 11.8 Å². The van der Waals surface area contributed by atoms with E-state index in [-0.39, 0.29) is 27.9 Å². The first-order valence-corrected chi connectivity index (χ1v) is 6.00. The molecule has 0 aliphatic rings. The van der Waals surface area contributed by atoms with E-state index in [4.69, 9.17) is 23.1 Å². The van der Waals surface area contributed by atoms with E-state index in [0.717, 1.165) is 6.07 Å². The number of nitrogens with one attached hydrogen (secondary N) is 1. The highest BCUT2D eigenvalue weighted by atomic mass is 35.5. The van der Waals surface area contributed by atoms with Crippen molar-refractivity contribution in [1.82, 2.24) is 5.32 Å². The number of anilines is 1. The van der Waals surface area contributed by atoms with Crippen LogP contribution in [0.3, 0.4) is 0 Å². The summed E-state index contributed by atoms with van der Waals surface area (Å²) in [5.41, 5.74) is 11.0. The van der Waals surface area contributed by atoms with Gasteiger partial charge in [-0.2, -0.15) is 0 Å². The Kier molecular flexibility index (Phi) is 4.61. The van der Waals surface area contributed by atoms with Gasteiger partial charge in [0, 0.05) is 5.69 Å². The Hall–Kier alpha value is -1.95. The third-order valence-corrected chi connectivity index (χ3v) is 2.93. The van der Waals surface area contributed by atoms with Gasteiger partial charge in [-0.05, 0) is 18.1 Å². The number of benzene rings is 1. The van der Waals surface area contributed by atoms with Crippen molar-refractivity contribution >= 4 is 29.1 Å². The molecule has 6 N–H and O–H groups in total. The van der Waals surface area contributed by atoms with Crippen molar-refractivity contribution < 1.29 is 14.7 Å². The van der Waals surface area contributed by atoms with Crippen molar-refractivity contribution in [3.63, 3.8) is 0 Å². The maximum absolute atomic E-state index is 12.0. The van der Waals surface area contributed by atoms with Crippen molar-refractivity contribution in [3.8, 4) is 5.75 Å². The molecule has 0 radical (unpaired) electrons. The van der Waals surface area contributed by atoms with Crippen LogP contribution in [-0.4, -0.2) is 23.0 Å². The average molecular weight is 286 g/mol. The number of nitrogens with two attached hydrogens (primary N) is 2. The van der Waals surface area contributed by atoms with Crippen LogP contribution in [0, 0.1) is 5.92 Å². The van der Waals surface area contributed by atoms with Gasteiger partial charge in [-0.25, -0.2) is 0 Å². The molecule has 0 bridgehead atoms. The second-order valence-electron chi connectivity index (χ2n) is 4.49. The zero-order valence-corrected chi connectivity index (χ0v) is 11.4. The van der Waals surface area contributed by atoms with Gasteiger partial charge in [-0.1, -0.05) is 25.4 Å². The Bertz CT molecular complexity index is 517. The molecule has 0 aliphatic carbocycles. The van der Waals surface area contributed by atoms with Crippen LogP contribution in [0.5, 0.6) is 5.75 Å². The lowest BCUT2D eigenvalue weighted by Gasteiger charge is -2.19. The summed E-state index contributed by atoms with van der Waals surface area (Å²) in [4.78, 5) is 23.2. The Balaban J connectivity index is 3.01. The zero-order valence-electron chi connectivity index (χ0n) is 10.6. The SMILES string of the molecule is CC(C)C(NC(=O)c1cc(O)c(Cl)cc1N)C(N)=O. The quantitative estimate of drug-likeness (QED) is 0.485. The lowest BCUT2D eigenvalue weighted by atomic mass is 10.0. The van der Waals surface area contributed by atoms with Crippen molar-refractivity contribution in [2.75, 3.05) is 5.73 Å². The topological polar surface area (TPSA) is 118 Å².